The summed E-state index contributed by atoms with van der Waals surface area (Å²) >= 11 is 0. The van der Waals surface area contributed by atoms with E-state index in [1.54, 1.807) is 0 Å². The SMILES string of the molecule is C=C(C)CC(C)C#CO[Si](C(C)C)(C(C)C)C(C)C. The number of allylic oxidation sites excluding steroid dienone is 1. The van der Waals surface area contributed by atoms with E-state index in [-0.39, 0.29) is 0 Å². The molecule has 0 fully saturated rings. The van der Waals surface area contributed by atoms with Crippen LogP contribution in [0.5, 0.6) is 0 Å². The van der Waals surface area contributed by atoms with Crippen molar-refractivity contribution in [2.75, 3.05) is 0 Å². The van der Waals surface area contributed by atoms with Crippen molar-refractivity contribution >= 4 is 8.32 Å². The minimum absolute atomic E-state index is 0.329. The molecule has 0 amide bonds. The normalized spacial score (nSPS) is 13.4. The van der Waals surface area contributed by atoms with E-state index in [1.165, 1.54) is 5.57 Å². The molecule has 0 saturated carbocycles. The Morgan fingerprint density at radius 1 is 1.00 bits per heavy atom. The average Bonchev–Trinajstić information content (AvgIpc) is 2.21. The van der Waals surface area contributed by atoms with Crippen molar-refractivity contribution in [3.63, 3.8) is 0 Å². The highest BCUT2D eigenvalue weighted by Gasteiger charge is 2.46. The van der Waals surface area contributed by atoms with E-state index in [2.05, 4.69) is 74.0 Å². The van der Waals surface area contributed by atoms with Gasteiger partial charge in [0.25, 0.3) is 8.32 Å². The summed E-state index contributed by atoms with van der Waals surface area (Å²) < 4.78 is 6.21. The predicted octanol–water partition coefficient (Wildman–Crippen LogP) is 5.74. The predicted molar refractivity (Wildman–Crippen MR) is 88.5 cm³/mol. The highest BCUT2D eigenvalue weighted by Crippen LogP contribution is 2.41. The first-order valence-electron chi connectivity index (χ1n) is 7.47. The van der Waals surface area contributed by atoms with E-state index in [9.17, 15) is 0 Å². The molecule has 0 aliphatic rings. The Hall–Kier alpha value is -0.683. The van der Waals surface area contributed by atoms with E-state index in [4.69, 9.17) is 4.43 Å². The summed E-state index contributed by atoms with van der Waals surface area (Å²) in [5, 5.41) is 0. The Labute approximate surface area is 122 Å². The Morgan fingerprint density at radius 3 is 1.74 bits per heavy atom. The zero-order chi connectivity index (χ0) is 15.2. The fraction of sp³-hybridized carbons (Fsp3) is 0.765. The topological polar surface area (TPSA) is 9.23 Å². The van der Waals surface area contributed by atoms with E-state index in [0.29, 0.717) is 22.5 Å². The molecule has 0 radical (unpaired) electrons. The number of hydrogen-bond donors (Lipinski definition) is 0. The monoisotopic (exact) mass is 280 g/mol. The highest BCUT2D eigenvalue weighted by molar-refractivity contribution is 6.77. The van der Waals surface area contributed by atoms with E-state index in [0.717, 1.165) is 6.42 Å². The third kappa shape index (κ3) is 5.07. The molecule has 0 rings (SSSR count). The lowest BCUT2D eigenvalue weighted by Gasteiger charge is -2.39. The van der Waals surface area contributed by atoms with Crippen LogP contribution >= 0.6 is 0 Å². The van der Waals surface area contributed by atoms with Crippen LogP contribution in [0, 0.1) is 17.9 Å². The van der Waals surface area contributed by atoms with Crippen molar-refractivity contribution in [1.82, 2.24) is 0 Å². The fourth-order valence-electron chi connectivity index (χ4n) is 3.15. The van der Waals surface area contributed by atoms with Gasteiger partial charge >= 0.3 is 0 Å². The summed E-state index contributed by atoms with van der Waals surface area (Å²) in [7, 11) is -1.83. The Balaban J connectivity index is 4.96. The first-order valence-corrected chi connectivity index (χ1v) is 9.61. The summed E-state index contributed by atoms with van der Waals surface area (Å²) in [4.78, 5) is 0. The largest absolute Gasteiger partial charge is 0.500 e. The quantitative estimate of drug-likeness (QED) is 0.342. The molecule has 0 N–H and O–H groups in total. The molecule has 2 heteroatoms. The molecular weight excluding hydrogens is 248 g/mol. The van der Waals surface area contributed by atoms with Crippen LogP contribution in [0.15, 0.2) is 12.2 Å². The van der Waals surface area contributed by atoms with Crippen LogP contribution in [-0.4, -0.2) is 8.32 Å². The molecule has 19 heavy (non-hydrogen) atoms. The summed E-state index contributed by atoms with van der Waals surface area (Å²) in [6.07, 6.45) is 4.00. The number of rotatable bonds is 6. The molecule has 0 saturated heterocycles. The third-order valence-corrected chi connectivity index (χ3v) is 9.76. The first-order chi connectivity index (χ1) is 8.64. The van der Waals surface area contributed by atoms with Gasteiger partial charge in [-0.15, -0.1) is 6.58 Å². The maximum Gasteiger partial charge on any atom is 0.272 e. The fourth-order valence-corrected chi connectivity index (χ4v) is 8.09. The smallest absolute Gasteiger partial charge is 0.272 e. The summed E-state index contributed by atoms with van der Waals surface area (Å²) in [5.74, 6) is 3.56. The molecule has 0 heterocycles. The molecule has 0 spiro atoms. The molecule has 1 nitrogen and oxygen atoms in total. The molecular formula is C17H32OSi. The molecule has 0 aromatic rings. The summed E-state index contributed by atoms with van der Waals surface area (Å²) in [6.45, 7) is 21.8. The van der Waals surface area contributed by atoms with Gasteiger partial charge in [-0.25, -0.2) is 0 Å². The van der Waals surface area contributed by atoms with Crippen LogP contribution in [0.4, 0.5) is 0 Å². The average molecular weight is 281 g/mol. The zero-order valence-electron chi connectivity index (χ0n) is 14.1. The Morgan fingerprint density at radius 2 is 1.42 bits per heavy atom. The van der Waals surface area contributed by atoms with Gasteiger partial charge in [-0.3, -0.25) is 0 Å². The van der Waals surface area contributed by atoms with E-state index < -0.39 is 8.32 Å². The van der Waals surface area contributed by atoms with Crippen LogP contribution in [-0.2, 0) is 4.43 Å². The molecule has 1 atom stereocenters. The zero-order valence-corrected chi connectivity index (χ0v) is 15.1. The molecule has 110 valence electrons. The van der Waals surface area contributed by atoms with Gasteiger partial charge in [-0.05, 0) is 30.0 Å². The lowest BCUT2D eigenvalue weighted by Crippen LogP contribution is -2.46. The summed E-state index contributed by atoms with van der Waals surface area (Å²) in [5.41, 5.74) is 2.93. The number of hydrogen-bond acceptors (Lipinski definition) is 1. The van der Waals surface area contributed by atoms with E-state index >= 15 is 0 Å². The van der Waals surface area contributed by atoms with Crippen molar-refractivity contribution in [2.24, 2.45) is 5.92 Å². The van der Waals surface area contributed by atoms with Gasteiger partial charge in [0, 0.05) is 5.92 Å². The Kier molecular flexibility index (Phi) is 7.52. The van der Waals surface area contributed by atoms with Gasteiger partial charge < -0.3 is 4.43 Å². The van der Waals surface area contributed by atoms with Gasteiger partial charge in [-0.2, -0.15) is 0 Å². The second-order valence-corrected chi connectivity index (χ2v) is 12.1. The van der Waals surface area contributed by atoms with Gasteiger partial charge in [0.15, 0.2) is 0 Å². The van der Waals surface area contributed by atoms with Crippen molar-refractivity contribution in [1.29, 1.82) is 0 Å². The minimum atomic E-state index is -1.83. The van der Waals surface area contributed by atoms with Gasteiger partial charge in [-0.1, -0.05) is 60.0 Å². The van der Waals surface area contributed by atoms with Crippen molar-refractivity contribution < 1.29 is 4.43 Å². The minimum Gasteiger partial charge on any atom is -0.500 e. The molecule has 1 unspecified atom stereocenters. The third-order valence-electron chi connectivity index (χ3n) is 3.89. The van der Waals surface area contributed by atoms with Crippen molar-refractivity contribution in [3.05, 3.63) is 12.2 Å². The second-order valence-electron chi connectivity index (χ2n) is 6.73. The van der Waals surface area contributed by atoms with Crippen LogP contribution in [0.3, 0.4) is 0 Å². The van der Waals surface area contributed by atoms with Gasteiger partial charge in [0.1, 0.15) is 0 Å². The van der Waals surface area contributed by atoms with Crippen LogP contribution in [0.2, 0.25) is 16.6 Å². The first kappa shape index (κ1) is 18.3. The van der Waals surface area contributed by atoms with Gasteiger partial charge in [0.2, 0.25) is 0 Å². The van der Waals surface area contributed by atoms with Crippen LogP contribution < -0.4 is 0 Å². The van der Waals surface area contributed by atoms with E-state index in [1.807, 2.05) is 0 Å². The lowest BCUT2D eigenvalue weighted by molar-refractivity contribution is 0.445. The maximum atomic E-state index is 6.21. The van der Waals surface area contributed by atoms with Gasteiger partial charge in [0.05, 0.1) is 6.11 Å². The van der Waals surface area contributed by atoms with Crippen molar-refractivity contribution in [2.45, 2.75) is 78.4 Å². The standard InChI is InChI=1S/C17H32OSi/c1-13(2)12-17(9)10-11-18-19(14(3)4,15(5)6)16(7)8/h14-17H,1,12H2,2-9H3. The molecule has 0 bridgehead atoms. The van der Waals surface area contributed by atoms with Crippen molar-refractivity contribution in [3.8, 4) is 12.0 Å². The molecule has 0 aromatic carbocycles. The van der Waals surface area contributed by atoms with Crippen LogP contribution in [0.1, 0.15) is 61.8 Å². The molecule has 0 aliphatic carbocycles. The highest BCUT2D eigenvalue weighted by atomic mass is 28.4. The molecule has 0 aliphatic heterocycles. The summed E-state index contributed by atoms with van der Waals surface area (Å²) in [6, 6.07) is 0. The van der Waals surface area contributed by atoms with Crippen LogP contribution in [0.25, 0.3) is 0 Å². The lowest BCUT2D eigenvalue weighted by atomic mass is 10.1. The second kappa shape index (κ2) is 7.80. The molecule has 0 aromatic heterocycles. The maximum absolute atomic E-state index is 6.21. The Bertz CT molecular complexity index is 322.